The summed E-state index contributed by atoms with van der Waals surface area (Å²) in [5.74, 6) is 0. The molecular weight excluding hydrogens is 183 g/mol. The van der Waals surface area contributed by atoms with E-state index in [1.165, 1.54) is 0 Å². The molecule has 0 aliphatic rings. The van der Waals surface area contributed by atoms with Gasteiger partial charge in [-0.1, -0.05) is 0 Å². The summed E-state index contributed by atoms with van der Waals surface area (Å²) < 4.78 is 0. The number of hydrogen-bond acceptors (Lipinski definition) is 4. The zero-order chi connectivity index (χ0) is 9.61. The van der Waals surface area contributed by atoms with Crippen molar-refractivity contribution >= 4 is 13.3 Å². The van der Waals surface area contributed by atoms with Crippen LogP contribution in [0.4, 0.5) is 4.79 Å². The van der Waals surface area contributed by atoms with Crippen molar-refractivity contribution in [2.45, 2.75) is 0 Å². The Morgan fingerprint density at radius 2 is 1.67 bits per heavy atom. The molecule has 0 atom stereocenters. The molecule has 0 aromatic heterocycles. The first kappa shape index (κ1) is 11.6. The molecule has 0 radical (unpaired) electrons. The van der Waals surface area contributed by atoms with Crippen LogP contribution in [0.3, 0.4) is 0 Å². The van der Waals surface area contributed by atoms with Gasteiger partial charge < -0.3 is 0 Å². The van der Waals surface area contributed by atoms with E-state index in [9.17, 15) is 4.79 Å². The summed E-state index contributed by atoms with van der Waals surface area (Å²) in [7, 11) is -2.53. The fourth-order valence-electron chi connectivity index (χ4n) is 0.592. The number of aliphatic hydroxyl groups is 3. The minimum atomic E-state index is -2.53. The number of nitrogens with one attached hydrogen (secondary N) is 1. The first-order chi connectivity index (χ1) is 5.60. The average molecular weight is 198 g/mol. The van der Waals surface area contributed by atoms with Crippen molar-refractivity contribution in [2.75, 3.05) is 25.3 Å². The maximum absolute atomic E-state index is 10.3. The number of aliphatic hydroxyl groups excluding tert-OH is 3. The van der Waals surface area contributed by atoms with E-state index in [0.717, 1.165) is 0 Å². The molecular formula is C5H15N2O4P. The van der Waals surface area contributed by atoms with Crippen LogP contribution < -0.4 is 11.1 Å². The van der Waals surface area contributed by atoms with Gasteiger partial charge in [0.2, 0.25) is 0 Å². The molecule has 6 nitrogen and oxygen atoms in total. The second-order valence-corrected chi connectivity index (χ2v) is 6.99. The molecule has 0 saturated carbocycles. The Hall–Kier alpha value is -0.420. The fourth-order valence-corrected chi connectivity index (χ4v) is 1.78. The van der Waals surface area contributed by atoms with Gasteiger partial charge in [-0.2, -0.15) is 0 Å². The third kappa shape index (κ3) is 3.32. The Kier molecular flexibility index (Phi) is 5.08. The Morgan fingerprint density at radius 1 is 1.25 bits per heavy atom. The molecule has 0 aliphatic carbocycles. The summed E-state index contributed by atoms with van der Waals surface area (Å²) in [6.07, 6.45) is -0.743. The Balaban J connectivity index is 4.01. The predicted molar refractivity (Wildman–Crippen MR) is 47.2 cm³/mol. The quantitative estimate of drug-likeness (QED) is 0.335. The number of rotatable bonds is 5. The third-order valence-electron chi connectivity index (χ3n) is 1.64. The van der Waals surface area contributed by atoms with Crippen molar-refractivity contribution in [3.8, 4) is 0 Å². The van der Waals surface area contributed by atoms with Gasteiger partial charge in [-0.25, -0.2) is 0 Å². The molecule has 0 unspecified atom stereocenters. The topological polar surface area (TPSA) is 116 Å². The first-order valence-electron chi connectivity index (χ1n) is 3.46. The van der Waals surface area contributed by atoms with E-state index in [4.69, 9.17) is 21.1 Å². The third-order valence-corrected chi connectivity index (χ3v) is 4.58. The van der Waals surface area contributed by atoms with Crippen LogP contribution in [0.15, 0.2) is 0 Å². The Labute approximate surface area is 70.7 Å². The summed E-state index contributed by atoms with van der Waals surface area (Å²) >= 11 is 0. The molecule has 0 fully saturated rings. The maximum atomic E-state index is 10.3. The van der Waals surface area contributed by atoms with Crippen LogP contribution in [0, 0.1) is 0 Å². The second-order valence-electron chi connectivity index (χ2n) is 2.69. The van der Waals surface area contributed by atoms with Gasteiger partial charge in [-0.15, -0.1) is 0 Å². The number of hydrogen-bond donors (Lipinski definition) is 5. The Morgan fingerprint density at radius 3 is 1.92 bits per heavy atom. The van der Waals surface area contributed by atoms with Crippen LogP contribution in [0.2, 0.25) is 0 Å². The first-order valence-corrected chi connectivity index (χ1v) is 6.29. The molecule has 0 aromatic carbocycles. The summed E-state index contributed by atoms with van der Waals surface area (Å²) in [6.45, 7) is 0. The van der Waals surface area contributed by atoms with E-state index in [1.807, 2.05) is 0 Å². The molecule has 2 amide bonds. The van der Waals surface area contributed by atoms with Crippen molar-refractivity contribution in [1.82, 2.24) is 5.32 Å². The number of nitrogens with two attached hydrogens (primary N) is 1. The second kappa shape index (κ2) is 5.27. The number of amides is 2. The summed E-state index contributed by atoms with van der Waals surface area (Å²) in [5.41, 5.74) is 4.79. The van der Waals surface area contributed by atoms with E-state index in [2.05, 4.69) is 5.32 Å². The van der Waals surface area contributed by atoms with Gasteiger partial charge in [0, 0.05) is 0 Å². The molecule has 0 aromatic rings. The molecule has 0 rings (SSSR count). The van der Waals surface area contributed by atoms with Gasteiger partial charge in [0.15, 0.2) is 0 Å². The molecule has 0 spiro atoms. The predicted octanol–water partition coefficient (Wildman–Crippen LogP) is -1.79. The number of carbonyl (C=O) groups excluding carboxylic acids is 1. The monoisotopic (exact) mass is 198 g/mol. The van der Waals surface area contributed by atoms with Gasteiger partial charge in [-0.05, 0) is 0 Å². The van der Waals surface area contributed by atoms with Crippen molar-refractivity contribution in [3.05, 3.63) is 0 Å². The molecule has 7 heteroatoms. The molecule has 74 valence electrons. The van der Waals surface area contributed by atoms with Crippen molar-refractivity contribution in [3.63, 3.8) is 0 Å². The van der Waals surface area contributed by atoms with Crippen LogP contribution in [0.25, 0.3) is 0 Å². The molecule has 12 heavy (non-hydrogen) atoms. The summed E-state index contributed by atoms with van der Waals surface area (Å²) in [6, 6.07) is -0.720. The van der Waals surface area contributed by atoms with E-state index in [-0.39, 0.29) is 25.3 Å². The molecule has 0 saturated heterocycles. The van der Waals surface area contributed by atoms with Gasteiger partial charge in [0.05, 0.1) is 0 Å². The van der Waals surface area contributed by atoms with Gasteiger partial charge >= 0.3 is 69.8 Å². The van der Waals surface area contributed by atoms with E-state index in [0.29, 0.717) is 0 Å². The SMILES string of the molecule is NC(=O)NC[PH](CO)(CO)CO. The minimum absolute atomic E-state index is 0.0891. The van der Waals surface area contributed by atoms with E-state index in [1.54, 1.807) is 0 Å². The van der Waals surface area contributed by atoms with Gasteiger partial charge in [0.25, 0.3) is 0 Å². The Bertz CT molecular complexity index is 142. The van der Waals surface area contributed by atoms with E-state index < -0.39 is 13.3 Å². The van der Waals surface area contributed by atoms with Crippen LogP contribution in [-0.4, -0.2) is 46.7 Å². The number of carbonyl (C=O) groups is 1. The molecule has 6 N–H and O–H groups in total. The standard InChI is InChI=1S/C5H15N2O4P/c6-5(11)7-1-12(2-8,3-9)4-10/h8-10,12H,1-4H2,(H3,6,7,11). The molecule has 0 aliphatic heterocycles. The zero-order valence-electron chi connectivity index (χ0n) is 6.66. The van der Waals surface area contributed by atoms with Crippen molar-refractivity contribution in [2.24, 2.45) is 5.73 Å². The van der Waals surface area contributed by atoms with Gasteiger partial charge in [-0.3, -0.25) is 0 Å². The molecule has 0 heterocycles. The van der Waals surface area contributed by atoms with Crippen molar-refractivity contribution in [1.29, 1.82) is 0 Å². The summed E-state index contributed by atoms with van der Waals surface area (Å²) in [5, 5.41) is 28.8. The normalized spacial score (nSPS) is 12.6. The van der Waals surface area contributed by atoms with Crippen LogP contribution >= 0.6 is 7.26 Å². The average Bonchev–Trinajstić information content (AvgIpc) is 2.08. The number of primary amides is 1. The zero-order valence-corrected chi connectivity index (χ0v) is 7.66. The van der Waals surface area contributed by atoms with E-state index >= 15 is 0 Å². The van der Waals surface area contributed by atoms with Crippen molar-refractivity contribution < 1.29 is 20.1 Å². The van der Waals surface area contributed by atoms with Crippen LogP contribution in [-0.2, 0) is 0 Å². The fraction of sp³-hybridized carbons (Fsp3) is 0.800. The van der Waals surface area contributed by atoms with Crippen LogP contribution in [0.1, 0.15) is 0 Å². The number of urea groups is 1. The van der Waals surface area contributed by atoms with Gasteiger partial charge in [0.1, 0.15) is 0 Å². The van der Waals surface area contributed by atoms with Crippen LogP contribution in [0.5, 0.6) is 0 Å². The summed E-state index contributed by atoms with van der Waals surface area (Å²) in [4.78, 5) is 10.3. The molecule has 0 bridgehead atoms.